The van der Waals surface area contributed by atoms with Crippen molar-refractivity contribution < 1.29 is 4.79 Å². The smallest absolute Gasteiger partial charge is 0.120 e. The Morgan fingerprint density at radius 1 is 1.13 bits per heavy atom. The lowest BCUT2D eigenvalue weighted by atomic mass is 9.74. The SMILES string of the molecule is O=CC[C@H]1CCCC[C@@H]1c1ccccc1. The summed E-state index contributed by atoms with van der Waals surface area (Å²) < 4.78 is 0. The van der Waals surface area contributed by atoms with Gasteiger partial charge in [0.1, 0.15) is 6.29 Å². The molecule has 2 rings (SSSR count). The van der Waals surface area contributed by atoms with Gasteiger partial charge >= 0.3 is 0 Å². The second-order valence-electron chi connectivity index (χ2n) is 4.46. The molecule has 0 spiro atoms. The Morgan fingerprint density at radius 2 is 1.87 bits per heavy atom. The number of benzene rings is 1. The standard InChI is InChI=1S/C14H18O/c15-11-10-13-8-4-5-9-14(13)12-6-2-1-3-7-12/h1-3,6-7,11,13-14H,4-5,8-10H2/t13-,14-/m1/s1. The predicted molar refractivity (Wildman–Crippen MR) is 61.8 cm³/mol. The third-order valence-corrected chi connectivity index (χ3v) is 3.54. The molecule has 0 aliphatic heterocycles. The Kier molecular flexibility index (Phi) is 3.54. The van der Waals surface area contributed by atoms with Crippen LogP contribution in [0.1, 0.15) is 43.6 Å². The lowest BCUT2D eigenvalue weighted by Crippen LogP contribution is -2.18. The number of carbonyl (C=O) groups excluding carboxylic acids is 1. The van der Waals surface area contributed by atoms with Crippen molar-refractivity contribution in [3.63, 3.8) is 0 Å². The Balaban J connectivity index is 2.14. The van der Waals surface area contributed by atoms with Crippen molar-refractivity contribution in [2.24, 2.45) is 5.92 Å². The molecule has 0 aromatic heterocycles. The van der Waals surface area contributed by atoms with E-state index in [1.807, 2.05) is 0 Å². The average Bonchev–Trinajstić information content (AvgIpc) is 2.31. The van der Waals surface area contributed by atoms with Gasteiger partial charge in [-0.3, -0.25) is 0 Å². The third kappa shape index (κ3) is 2.47. The zero-order valence-corrected chi connectivity index (χ0v) is 9.06. The highest BCUT2D eigenvalue weighted by atomic mass is 16.1. The molecule has 1 nitrogen and oxygen atoms in total. The van der Waals surface area contributed by atoms with E-state index in [0.29, 0.717) is 11.8 Å². The van der Waals surface area contributed by atoms with Crippen molar-refractivity contribution >= 4 is 6.29 Å². The van der Waals surface area contributed by atoms with Crippen LogP contribution in [-0.2, 0) is 4.79 Å². The second kappa shape index (κ2) is 5.11. The summed E-state index contributed by atoms with van der Waals surface area (Å²) in [5.74, 6) is 1.20. The van der Waals surface area contributed by atoms with Crippen molar-refractivity contribution in [3.05, 3.63) is 35.9 Å². The molecular formula is C14H18O. The van der Waals surface area contributed by atoms with Gasteiger partial charge in [0.25, 0.3) is 0 Å². The minimum absolute atomic E-state index is 0.582. The van der Waals surface area contributed by atoms with E-state index in [-0.39, 0.29) is 0 Å². The minimum Gasteiger partial charge on any atom is -0.303 e. The molecule has 1 saturated carbocycles. The summed E-state index contributed by atoms with van der Waals surface area (Å²) in [6, 6.07) is 10.7. The first-order chi connectivity index (χ1) is 7.42. The topological polar surface area (TPSA) is 17.1 Å². The number of carbonyl (C=O) groups is 1. The van der Waals surface area contributed by atoms with E-state index in [2.05, 4.69) is 30.3 Å². The van der Waals surface area contributed by atoms with Gasteiger partial charge in [0.15, 0.2) is 0 Å². The quantitative estimate of drug-likeness (QED) is 0.685. The monoisotopic (exact) mass is 202 g/mol. The van der Waals surface area contributed by atoms with Crippen LogP contribution in [0.2, 0.25) is 0 Å². The lowest BCUT2D eigenvalue weighted by Gasteiger charge is -2.30. The number of hydrogen-bond acceptors (Lipinski definition) is 1. The van der Waals surface area contributed by atoms with Gasteiger partial charge in [-0.05, 0) is 30.2 Å². The minimum atomic E-state index is 0.582. The van der Waals surface area contributed by atoms with Crippen LogP contribution in [0.3, 0.4) is 0 Å². The summed E-state index contributed by atoms with van der Waals surface area (Å²) >= 11 is 0. The van der Waals surface area contributed by atoms with Gasteiger partial charge in [-0.25, -0.2) is 0 Å². The molecule has 0 heterocycles. The Morgan fingerprint density at radius 3 is 2.60 bits per heavy atom. The largest absolute Gasteiger partial charge is 0.303 e. The third-order valence-electron chi connectivity index (χ3n) is 3.54. The molecular weight excluding hydrogens is 184 g/mol. The molecule has 0 unspecified atom stereocenters. The molecule has 0 N–H and O–H groups in total. The van der Waals surface area contributed by atoms with E-state index in [9.17, 15) is 4.79 Å². The molecule has 1 aliphatic rings. The van der Waals surface area contributed by atoms with E-state index in [0.717, 1.165) is 12.7 Å². The van der Waals surface area contributed by atoms with Crippen LogP contribution in [0.15, 0.2) is 30.3 Å². The maximum atomic E-state index is 10.6. The summed E-state index contributed by atoms with van der Waals surface area (Å²) in [6.07, 6.45) is 6.91. The van der Waals surface area contributed by atoms with E-state index in [4.69, 9.17) is 0 Å². The van der Waals surface area contributed by atoms with E-state index >= 15 is 0 Å². The predicted octanol–water partition coefficient (Wildman–Crippen LogP) is 3.55. The Labute approximate surface area is 91.5 Å². The molecule has 1 aromatic carbocycles. The van der Waals surface area contributed by atoms with Gasteiger partial charge in [0.2, 0.25) is 0 Å². The van der Waals surface area contributed by atoms with Crippen LogP contribution in [0, 0.1) is 5.92 Å². The molecule has 1 aromatic rings. The highest BCUT2D eigenvalue weighted by Crippen LogP contribution is 2.38. The van der Waals surface area contributed by atoms with Gasteiger partial charge in [0, 0.05) is 6.42 Å². The zero-order chi connectivity index (χ0) is 10.5. The van der Waals surface area contributed by atoms with E-state index < -0.39 is 0 Å². The Bertz CT molecular complexity index is 304. The van der Waals surface area contributed by atoms with Gasteiger partial charge in [-0.15, -0.1) is 0 Å². The molecule has 15 heavy (non-hydrogen) atoms. The van der Waals surface area contributed by atoms with Crippen LogP contribution in [0.25, 0.3) is 0 Å². The highest BCUT2D eigenvalue weighted by Gasteiger charge is 2.25. The molecule has 80 valence electrons. The van der Waals surface area contributed by atoms with Crippen LogP contribution in [-0.4, -0.2) is 6.29 Å². The summed E-state index contributed by atoms with van der Waals surface area (Å²) in [5, 5.41) is 0. The maximum absolute atomic E-state index is 10.6. The first-order valence-corrected chi connectivity index (χ1v) is 5.90. The van der Waals surface area contributed by atoms with Gasteiger partial charge in [0.05, 0.1) is 0 Å². The molecule has 0 bridgehead atoms. The molecule has 2 atom stereocenters. The van der Waals surface area contributed by atoms with Gasteiger partial charge in [-0.1, -0.05) is 43.2 Å². The van der Waals surface area contributed by atoms with Gasteiger partial charge < -0.3 is 4.79 Å². The van der Waals surface area contributed by atoms with E-state index in [1.165, 1.54) is 31.2 Å². The molecule has 1 fully saturated rings. The Hall–Kier alpha value is -1.11. The van der Waals surface area contributed by atoms with Crippen molar-refractivity contribution in [2.45, 2.75) is 38.0 Å². The first-order valence-electron chi connectivity index (χ1n) is 5.90. The van der Waals surface area contributed by atoms with Crippen molar-refractivity contribution in [2.75, 3.05) is 0 Å². The van der Waals surface area contributed by atoms with Crippen LogP contribution >= 0.6 is 0 Å². The number of hydrogen-bond donors (Lipinski definition) is 0. The number of rotatable bonds is 3. The molecule has 0 saturated heterocycles. The highest BCUT2D eigenvalue weighted by molar-refractivity contribution is 5.50. The van der Waals surface area contributed by atoms with Crippen molar-refractivity contribution in [1.82, 2.24) is 0 Å². The summed E-state index contributed by atoms with van der Waals surface area (Å²) in [6.45, 7) is 0. The summed E-state index contributed by atoms with van der Waals surface area (Å²) in [7, 11) is 0. The normalized spacial score (nSPS) is 26.1. The molecule has 0 radical (unpaired) electrons. The van der Waals surface area contributed by atoms with Crippen LogP contribution in [0.4, 0.5) is 0 Å². The molecule has 1 heteroatoms. The van der Waals surface area contributed by atoms with E-state index in [1.54, 1.807) is 0 Å². The first kappa shape index (κ1) is 10.4. The zero-order valence-electron chi connectivity index (χ0n) is 9.06. The number of aldehydes is 1. The summed E-state index contributed by atoms with van der Waals surface area (Å²) in [4.78, 5) is 10.6. The van der Waals surface area contributed by atoms with Crippen LogP contribution < -0.4 is 0 Å². The van der Waals surface area contributed by atoms with Crippen LogP contribution in [0.5, 0.6) is 0 Å². The molecule has 1 aliphatic carbocycles. The molecule has 0 amide bonds. The fraction of sp³-hybridized carbons (Fsp3) is 0.500. The second-order valence-corrected chi connectivity index (χ2v) is 4.46. The summed E-state index contributed by atoms with van der Waals surface area (Å²) in [5.41, 5.74) is 1.42. The fourth-order valence-corrected chi connectivity index (χ4v) is 2.75. The average molecular weight is 202 g/mol. The van der Waals surface area contributed by atoms with Gasteiger partial charge in [-0.2, -0.15) is 0 Å². The fourth-order valence-electron chi connectivity index (χ4n) is 2.75. The maximum Gasteiger partial charge on any atom is 0.120 e. The van der Waals surface area contributed by atoms with Crippen molar-refractivity contribution in [3.8, 4) is 0 Å². The lowest BCUT2D eigenvalue weighted by molar-refractivity contribution is -0.108. The van der Waals surface area contributed by atoms with Crippen molar-refractivity contribution in [1.29, 1.82) is 0 Å².